The molecule has 2 atom stereocenters. The number of halogens is 3. The van der Waals surface area contributed by atoms with Crippen molar-refractivity contribution in [3.05, 3.63) is 29.3 Å². The number of amides is 2. The molecule has 0 fully saturated rings. The molecule has 0 spiro atoms. The van der Waals surface area contributed by atoms with Crippen LogP contribution in [0.15, 0.2) is 18.2 Å². The van der Waals surface area contributed by atoms with Crippen LogP contribution in [-0.4, -0.2) is 59.8 Å². The molecule has 0 aliphatic carbocycles. The highest BCUT2D eigenvalue weighted by Crippen LogP contribution is 2.28. The molecule has 2 rings (SSSR count). The number of carbonyl (C=O) groups excluding carboxylic acids is 4. The first-order chi connectivity index (χ1) is 14.8. The standard InChI is InChI=1S/C20H24F3N3O5S/c1-11(8-17(28)31-19(30)20(21,22)23)26-10-16(27)25(2)14-7-6-12(4-3-5-15(24)32)9-13(14)18(26)29/h6-7,9,11,15,32H,3-5,8,10,24H2,1-2H3. The number of carbonyl (C=O) groups is 4. The zero-order chi connectivity index (χ0) is 24.2. The van der Waals surface area contributed by atoms with Crippen LogP contribution in [0.2, 0.25) is 0 Å². The second-order valence-corrected chi connectivity index (χ2v) is 8.17. The van der Waals surface area contributed by atoms with Crippen LogP contribution in [-0.2, 0) is 25.5 Å². The Bertz CT molecular complexity index is 907. The second kappa shape index (κ2) is 10.3. The number of hydrogen-bond donors (Lipinski definition) is 2. The molecule has 12 heteroatoms. The minimum atomic E-state index is -5.32. The van der Waals surface area contributed by atoms with Gasteiger partial charge >= 0.3 is 18.1 Å². The Kier molecular flexibility index (Phi) is 8.29. The molecule has 1 aliphatic heterocycles. The average Bonchev–Trinajstić information content (AvgIpc) is 2.77. The first-order valence-corrected chi connectivity index (χ1v) is 10.3. The van der Waals surface area contributed by atoms with Gasteiger partial charge in [0.15, 0.2) is 0 Å². The number of anilines is 1. The van der Waals surface area contributed by atoms with Crippen LogP contribution < -0.4 is 10.6 Å². The number of hydrogen-bond acceptors (Lipinski definition) is 7. The highest BCUT2D eigenvalue weighted by atomic mass is 32.1. The number of esters is 2. The van der Waals surface area contributed by atoms with Crippen molar-refractivity contribution >= 4 is 42.1 Å². The van der Waals surface area contributed by atoms with Gasteiger partial charge in [0.05, 0.1) is 17.7 Å². The van der Waals surface area contributed by atoms with Crippen molar-refractivity contribution < 1.29 is 37.1 Å². The Morgan fingerprint density at radius 1 is 1.28 bits per heavy atom. The Morgan fingerprint density at radius 3 is 2.53 bits per heavy atom. The van der Waals surface area contributed by atoms with Crippen molar-refractivity contribution in [3.63, 3.8) is 0 Å². The zero-order valence-corrected chi connectivity index (χ0v) is 18.4. The molecule has 0 saturated carbocycles. The first kappa shape index (κ1) is 25.7. The van der Waals surface area contributed by atoms with E-state index < -0.39 is 48.9 Å². The summed E-state index contributed by atoms with van der Waals surface area (Å²) in [5.41, 5.74) is 7.05. The fraction of sp³-hybridized carbons (Fsp3) is 0.500. The van der Waals surface area contributed by atoms with Gasteiger partial charge in [-0.2, -0.15) is 25.8 Å². The highest BCUT2D eigenvalue weighted by molar-refractivity contribution is 7.80. The zero-order valence-electron chi connectivity index (χ0n) is 17.5. The van der Waals surface area contributed by atoms with Gasteiger partial charge in [-0.1, -0.05) is 6.07 Å². The Balaban J connectivity index is 2.22. The van der Waals surface area contributed by atoms with Gasteiger partial charge in [-0.05, 0) is 43.9 Å². The third-order valence-electron chi connectivity index (χ3n) is 4.99. The molecule has 0 aromatic heterocycles. The van der Waals surface area contributed by atoms with E-state index in [0.29, 0.717) is 18.5 Å². The number of nitrogens with zero attached hydrogens (tertiary/aromatic N) is 2. The molecule has 0 radical (unpaired) electrons. The number of nitrogens with two attached hydrogens (primary N) is 1. The third kappa shape index (κ3) is 6.45. The summed E-state index contributed by atoms with van der Waals surface area (Å²) in [5.74, 6) is -5.09. The van der Waals surface area contributed by atoms with Crippen molar-refractivity contribution in [2.24, 2.45) is 5.73 Å². The van der Waals surface area contributed by atoms with Gasteiger partial charge in [0.1, 0.15) is 6.54 Å². The fourth-order valence-corrected chi connectivity index (χ4v) is 3.42. The van der Waals surface area contributed by atoms with E-state index in [4.69, 9.17) is 5.73 Å². The predicted octanol–water partition coefficient (Wildman–Crippen LogP) is 2.05. The lowest BCUT2D eigenvalue weighted by atomic mass is 10.0. The van der Waals surface area contributed by atoms with Gasteiger partial charge in [0, 0.05) is 18.5 Å². The van der Waals surface area contributed by atoms with Crippen molar-refractivity contribution in [2.75, 3.05) is 18.5 Å². The molecule has 176 valence electrons. The lowest BCUT2D eigenvalue weighted by molar-refractivity contribution is -0.202. The number of aryl methyl sites for hydroxylation is 1. The molecule has 1 aliphatic rings. The number of thiol groups is 1. The van der Waals surface area contributed by atoms with Crippen LogP contribution in [0.3, 0.4) is 0 Å². The molecule has 2 N–H and O–H groups in total. The fourth-order valence-electron chi connectivity index (χ4n) is 3.24. The van der Waals surface area contributed by atoms with E-state index in [9.17, 15) is 32.3 Å². The van der Waals surface area contributed by atoms with E-state index >= 15 is 0 Å². The Hall–Kier alpha value is -2.60. The van der Waals surface area contributed by atoms with Crippen molar-refractivity contribution in [1.82, 2.24) is 4.90 Å². The smallest absolute Gasteiger partial charge is 0.386 e. The maximum Gasteiger partial charge on any atom is 0.491 e. The minimum Gasteiger partial charge on any atom is -0.386 e. The van der Waals surface area contributed by atoms with E-state index in [-0.39, 0.29) is 10.9 Å². The molecule has 1 heterocycles. The predicted molar refractivity (Wildman–Crippen MR) is 112 cm³/mol. The van der Waals surface area contributed by atoms with E-state index in [2.05, 4.69) is 17.4 Å². The molecule has 2 amide bonds. The molecule has 0 saturated heterocycles. The van der Waals surface area contributed by atoms with E-state index in [1.807, 2.05) is 0 Å². The van der Waals surface area contributed by atoms with Crippen LogP contribution in [0, 0.1) is 0 Å². The Labute approximate surface area is 188 Å². The van der Waals surface area contributed by atoms with E-state index in [0.717, 1.165) is 16.9 Å². The van der Waals surface area contributed by atoms with Crippen LogP contribution >= 0.6 is 12.6 Å². The highest BCUT2D eigenvalue weighted by Gasteiger charge is 2.43. The van der Waals surface area contributed by atoms with Gasteiger partial charge in [0.25, 0.3) is 5.91 Å². The number of alkyl halides is 3. The number of ether oxygens (including phenoxy) is 1. The number of rotatable bonds is 7. The minimum absolute atomic E-state index is 0.220. The van der Waals surface area contributed by atoms with Crippen molar-refractivity contribution in [3.8, 4) is 0 Å². The monoisotopic (exact) mass is 475 g/mol. The van der Waals surface area contributed by atoms with Crippen LogP contribution in [0.5, 0.6) is 0 Å². The molecule has 1 aromatic carbocycles. The number of fused-ring (bicyclic) bond motifs is 1. The summed E-state index contributed by atoms with van der Waals surface area (Å²) in [6.07, 6.45) is -4.00. The molecule has 32 heavy (non-hydrogen) atoms. The van der Waals surface area contributed by atoms with Gasteiger partial charge in [0.2, 0.25) is 5.91 Å². The number of benzene rings is 1. The van der Waals surface area contributed by atoms with Crippen molar-refractivity contribution in [2.45, 2.75) is 50.2 Å². The van der Waals surface area contributed by atoms with E-state index in [1.165, 1.54) is 18.9 Å². The largest absolute Gasteiger partial charge is 0.491 e. The van der Waals surface area contributed by atoms with Crippen LogP contribution in [0.1, 0.15) is 42.1 Å². The van der Waals surface area contributed by atoms with Crippen LogP contribution in [0.25, 0.3) is 0 Å². The third-order valence-corrected chi connectivity index (χ3v) is 5.25. The summed E-state index contributed by atoms with van der Waals surface area (Å²) in [4.78, 5) is 50.7. The van der Waals surface area contributed by atoms with Crippen molar-refractivity contribution in [1.29, 1.82) is 0 Å². The van der Waals surface area contributed by atoms with Gasteiger partial charge in [-0.25, -0.2) is 4.79 Å². The summed E-state index contributed by atoms with van der Waals surface area (Å²) in [7, 11) is 1.50. The van der Waals surface area contributed by atoms with Gasteiger partial charge < -0.3 is 20.3 Å². The van der Waals surface area contributed by atoms with E-state index in [1.54, 1.807) is 18.2 Å². The number of likely N-dealkylation sites (N-methyl/N-ethyl adjacent to an activating group) is 1. The SMILES string of the molecule is CC(CC(=O)OC(=O)C(F)(F)F)N1CC(=O)N(C)c2ccc(CCCC(N)S)cc2C1=O. The second-order valence-electron chi connectivity index (χ2n) is 7.51. The summed E-state index contributed by atoms with van der Waals surface area (Å²) < 4.78 is 40.7. The molecule has 8 nitrogen and oxygen atoms in total. The average molecular weight is 475 g/mol. The molecular weight excluding hydrogens is 451 g/mol. The Morgan fingerprint density at radius 2 is 1.94 bits per heavy atom. The normalized spacial score (nSPS) is 16.3. The summed E-state index contributed by atoms with van der Waals surface area (Å²) >= 11 is 4.12. The van der Waals surface area contributed by atoms with Gasteiger partial charge in [-0.15, -0.1) is 0 Å². The quantitative estimate of drug-likeness (QED) is 0.270. The summed E-state index contributed by atoms with van der Waals surface area (Å²) in [6, 6.07) is 4.08. The maximum absolute atomic E-state index is 13.2. The first-order valence-electron chi connectivity index (χ1n) is 9.77. The molecular formula is C20H24F3N3O5S. The molecule has 1 aromatic rings. The topological polar surface area (TPSA) is 110 Å². The summed E-state index contributed by atoms with van der Waals surface area (Å²) in [5, 5.41) is -0.262. The molecule has 2 unspecified atom stereocenters. The lowest BCUT2D eigenvalue weighted by Crippen LogP contribution is -2.44. The maximum atomic E-state index is 13.2. The summed E-state index contributed by atoms with van der Waals surface area (Å²) in [6.45, 7) is 0.989. The van der Waals surface area contributed by atoms with Gasteiger partial charge in [-0.3, -0.25) is 14.4 Å². The molecule has 0 bridgehead atoms. The lowest BCUT2D eigenvalue weighted by Gasteiger charge is -2.26. The van der Waals surface area contributed by atoms with Crippen LogP contribution in [0.4, 0.5) is 18.9 Å².